The van der Waals surface area contributed by atoms with Crippen LogP contribution in [0.1, 0.15) is 30.4 Å². The summed E-state index contributed by atoms with van der Waals surface area (Å²) in [4.78, 5) is 25.4. The van der Waals surface area contributed by atoms with E-state index in [-0.39, 0.29) is 12.1 Å². The SMILES string of the molecule is O=C(NCc1ccco1)N1CCOC(c2ccnc(N3CCCC3)n2)C1. The minimum atomic E-state index is -0.234. The molecule has 26 heavy (non-hydrogen) atoms. The van der Waals surface area contributed by atoms with Crippen LogP contribution in [0.25, 0.3) is 0 Å². The van der Waals surface area contributed by atoms with Gasteiger partial charge < -0.3 is 24.3 Å². The van der Waals surface area contributed by atoms with E-state index in [1.165, 1.54) is 12.8 Å². The first kappa shape index (κ1) is 16.8. The van der Waals surface area contributed by atoms with Crippen molar-refractivity contribution < 1.29 is 13.9 Å². The summed E-state index contributed by atoms with van der Waals surface area (Å²) in [5, 5.41) is 2.88. The number of hydrogen-bond donors (Lipinski definition) is 1. The maximum atomic E-state index is 12.4. The first-order valence-electron chi connectivity index (χ1n) is 9.04. The zero-order chi connectivity index (χ0) is 17.8. The van der Waals surface area contributed by atoms with Gasteiger partial charge in [-0.2, -0.15) is 0 Å². The Balaban J connectivity index is 1.38. The van der Waals surface area contributed by atoms with Crippen molar-refractivity contribution in [2.75, 3.05) is 37.7 Å². The number of nitrogens with zero attached hydrogens (tertiary/aromatic N) is 4. The predicted molar refractivity (Wildman–Crippen MR) is 94.7 cm³/mol. The summed E-state index contributed by atoms with van der Waals surface area (Å²) < 4.78 is 11.1. The summed E-state index contributed by atoms with van der Waals surface area (Å²) in [7, 11) is 0. The van der Waals surface area contributed by atoms with Gasteiger partial charge in [-0.05, 0) is 31.0 Å². The standard InChI is InChI=1S/C18H23N5O3/c24-18(20-12-14-4-3-10-25-14)23-9-11-26-16(13-23)15-5-6-19-17(21-15)22-7-1-2-8-22/h3-6,10,16H,1-2,7-9,11-13H2,(H,20,24). The lowest BCUT2D eigenvalue weighted by atomic mass is 10.2. The molecule has 1 atom stereocenters. The molecule has 2 fully saturated rings. The first-order chi connectivity index (χ1) is 12.8. The third-order valence-corrected chi connectivity index (χ3v) is 4.73. The van der Waals surface area contributed by atoms with Crippen LogP contribution in [-0.4, -0.2) is 53.7 Å². The summed E-state index contributed by atoms with van der Waals surface area (Å²) in [6, 6.07) is 5.39. The lowest BCUT2D eigenvalue weighted by molar-refractivity contribution is -0.0177. The Bertz CT molecular complexity index is 730. The van der Waals surface area contributed by atoms with E-state index in [0.29, 0.717) is 26.2 Å². The molecule has 0 bridgehead atoms. The second kappa shape index (κ2) is 7.74. The second-order valence-electron chi connectivity index (χ2n) is 6.52. The fourth-order valence-corrected chi connectivity index (χ4v) is 3.31. The van der Waals surface area contributed by atoms with Gasteiger partial charge in [0.15, 0.2) is 0 Å². The minimum absolute atomic E-state index is 0.122. The third kappa shape index (κ3) is 3.80. The van der Waals surface area contributed by atoms with Gasteiger partial charge in [0, 0.05) is 25.8 Å². The van der Waals surface area contributed by atoms with Crippen molar-refractivity contribution in [2.24, 2.45) is 0 Å². The summed E-state index contributed by atoms with van der Waals surface area (Å²) in [5.74, 6) is 1.48. The quantitative estimate of drug-likeness (QED) is 0.900. The largest absolute Gasteiger partial charge is 0.467 e. The molecule has 2 aromatic rings. The van der Waals surface area contributed by atoms with Gasteiger partial charge in [-0.1, -0.05) is 0 Å². The van der Waals surface area contributed by atoms with E-state index < -0.39 is 0 Å². The molecule has 2 saturated heterocycles. The van der Waals surface area contributed by atoms with Crippen molar-refractivity contribution in [1.82, 2.24) is 20.2 Å². The number of anilines is 1. The third-order valence-electron chi connectivity index (χ3n) is 4.73. The van der Waals surface area contributed by atoms with Gasteiger partial charge in [0.2, 0.25) is 5.95 Å². The van der Waals surface area contributed by atoms with E-state index in [2.05, 4.69) is 20.2 Å². The maximum Gasteiger partial charge on any atom is 0.317 e. The smallest absolute Gasteiger partial charge is 0.317 e. The second-order valence-corrected chi connectivity index (χ2v) is 6.52. The molecule has 2 aromatic heterocycles. The number of aromatic nitrogens is 2. The van der Waals surface area contributed by atoms with Crippen molar-refractivity contribution in [3.63, 3.8) is 0 Å². The van der Waals surface area contributed by atoms with E-state index in [4.69, 9.17) is 9.15 Å². The van der Waals surface area contributed by atoms with E-state index in [1.807, 2.05) is 12.1 Å². The Morgan fingerprint density at radius 2 is 2.15 bits per heavy atom. The van der Waals surface area contributed by atoms with Crippen LogP contribution in [0.4, 0.5) is 10.7 Å². The molecule has 0 aromatic carbocycles. The Labute approximate surface area is 152 Å². The molecule has 2 aliphatic rings. The molecule has 8 nitrogen and oxygen atoms in total. The molecular formula is C18H23N5O3. The fraction of sp³-hybridized carbons (Fsp3) is 0.500. The highest BCUT2D eigenvalue weighted by molar-refractivity contribution is 5.74. The predicted octanol–water partition coefficient (Wildman–Crippen LogP) is 1.95. The van der Waals surface area contributed by atoms with E-state index in [9.17, 15) is 4.79 Å². The number of furan rings is 1. The lowest BCUT2D eigenvalue weighted by Crippen LogP contribution is -2.47. The number of carbonyl (C=O) groups excluding carboxylic acids is 1. The first-order valence-corrected chi connectivity index (χ1v) is 9.04. The molecular weight excluding hydrogens is 334 g/mol. The number of carbonyl (C=O) groups is 1. The highest BCUT2D eigenvalue weighted by atomic mass is 16.5. The van der Waals surface area contributed by atoms with Crippen molar-refractivity contribution >= 4 is 12.0 Å². The number of rotatable bonds is 4. The van der Waals surface area contributed by atoms with Crippen molar-refractivity contribution in [3.05, 3.63) is 42.1 Å². The summed E-state index contributed by atoms with van der Waals surface area (Å²) in [6.07, 6.45) is 5.49. The number of ether oxygens (including phenoxy) is 1. The van der Waals surface area contributed by atoms with Crippen LogP contribution in [-0.2, 0) is 11.3 Å². The molecule has 2 aliphatic heterocycles. The molecule has 8 heteroatoms. The number of urea groups is 1. The van der Waals surface area contributed by atoms with Crippen LogP contribution in [0.2, 0.25) is 0 Å². The Morgan fingerprint density at radius 1 is 1.27 bits per heavy atom. The van der Waals surface area contributed by atoms with Crippen LogP contribution in [0, 0.1) is 0 Å². The van der Waals surface area contributed by atoms with Gasteiger partial charge in [-0.3, -0.25) is 0 Å². The topological polar surface area (TPSA) is 83.7 Å². The van der Waals surface area contributed by atoms with Gasteiger partial charge >= 0.3 is 6.03 Å². The van der Waals surface area contributed by atoms with Crippen LogP contribution in [0.15, 0.2) is 35.1 Å². The van der Waals surface area contributed by atoms with Crippen molar-refractivity contribution in [3.8, 4) is 0 Å². The highest BCUT2D eigenvalue weighted by Crippen LogP contribution is 2.23. The Hall–Kier alpha value is -2.61. The Morgan fingerprint density at radius 3 is 2.96 bits per heavy atom. The van der Waals surface area contributed by atoms with Gasteiger partial charge in [0.25, 0.3) is 0 Å². The molecule has 1 unspecified atom stereocenters. The molecule has 0 aliphatic carbocycles. The minimum Gasteiger partial charge on any atom is -0.467 e. The monoisotopic (exact) mass is 357 g/mol. The van der Waals surface area contributed by atoms with Crippen molar-refractivity contribution in [2.45, 2.75) is 25.5 Å². The van der Waals surface area contributed by atoms with Gasteiger partial charge in [0.05, 0.1) is 31.7 Å². The Kier molecular flexibility index (Phi) is 5.01. The lowest BCUT2D eigenvalue weighted by Gasteiger charge is -2.32. The van der Waals surface area contributed by atoms with Gasteiger partial charge in [0.1, 0.15) is 11.9 Å². The maximum absolute atomic E-state index is 12.4. The molecule has 138 valence electrons. The molecule has 0 saturated carbocycles. The zero-order valence-electron chi connectivity index (χ0n) is 14.6. The fourth-order valence-electron chi connectivity index (χ4n) is 3.31. The molecule has 2 amide bonds. The van der Waals surface area contributed by atoms with Gasteiger partial charge in [-0.25, -0.2) is 14.8 Å². The molecule has 0 spiro atoms. The van der Waals surface area contributed by atoms with E-state index in [1.54, 1.807) is 23.4 Å². The van der Waals surface area contributed by atoms with Crippen LogP contribution < -0.4 is 10.2 Å². The average Bonchev–Trinajstić information content (AvgIpc) is 3.40. The van der Waals surface area contributed by atoms with Crippen LogP contribution in [0.3, 0.4) is 0 Å². The summed E-state index contributed by atoms with van der Waals surface area (Å²) in [5.41, 5.74) is 0.824. The van der Waals surface area contributed by atoms with Crippen LogP contribution >= 0.6 is 0 Å². The summed E-state index contributed by atoms with van der Waals surface area (Å²) >= 11 is 0. The highest BCUT2D eigenvalue weighted by Gasteiger charge is 2.27. The van der Waals surface area contributed by atoms with E-state index >= 15 is 0 Å². The van der Waals surface area contributed by atoms with Crippen molar-refractivity contribution in [1.29, 1.82) is 0 Å². The number of amides is 2. The molecule has 4 heterocycles. The number of hydrogen-bond acceptors (Lipinski definition) is 6. The van der Waals surface area contributed by atoms with Crippen LogP contribution in [0.5, 0.6) is 0 Å². The number of nitrogens with one attached hydrogen (secondary N) is 1. The normalized spacial score (nSPS) is 20.4. The van der Waals surface area contributed by atoms with Gasteiger partial charge in [-0.15, -0.1) is 0 Å². The summed E-state index contributed by atoms with van der Waals surface area (Å²) in [6.45, 7) is 3.89. The van der Waals surface area contributed by atoms with E-state index in [0.717, 1.165) is 30.5 Å². The molecule has 0 radical (unpaired) electrons. The molecule has 4 rings (SSSR count). The molecule has 1 N–H and O–H groups in total. The zero-order valence-corrected chi connectivity index (χ0v) is 14.6. The number of morpholine rings is 1. The average molecular weight is 357 g/mol.